The molecule has 1 aromatic heterocycles. The van der Waals surface area contributed by atoms with Gasteiger partial charge in [0.15, 0.2) is 5.76 Å². The monoisotopic (exact) mass is 353 g/mol. The molecule has 2 aromatic rings. The Morgan fingerprint density at radius 2 is 2.00 bits per heavy atom. The number of nitrogens with zero attached hydrogens (tertiary/aromatic N) is 1. The topological polar surface area (TPSA) is 111 Å². The Hall–Kier alpha value is -2.39. The predicted octanol–water partition coefficient (Wildman–Crippen LogP) is 0.895. The van der Waals surface area contributed by atoms with Crippen LogP contribution in [0.15, 0.2) is 33.7 Å². The highest BCUT2D eigenvalue weighted by molar-refractivity contribution is 7.89. The van der Waals surface area contributed by atoms with Crippen LogP contribution in [0.2, 0.25) is 0 Å². The zero-order chi connectivity index (χ0) is 17.7. The minimum absolute atomic E-state index is 0.0416. The zero-order valence-electron chi connectivity index (χ0n) is 13.6. The summed E-state index contributed by atoms with van der Waals surface area (Å²) in [6.45, 7) is 2.86. The van der Waals surface area contributed by atoms with E-state index in [0.29, 0.717) is 5.75 Å². The van der Waals surface area contributed by atoms with E-state index in [1.165, 1.54) is 13.8 Å². The molecule has 9 heteroatoms. The molecule has 2 rings (SSSR count). The highest BCUT2D eigenvalue weighted by Gasteiger charge is 2.24. The number of carbonyl (C=O) groups is 1. The molecule has 130 valence electrons. The van der Waals surface area contributed by atoms with Crippen LogP contribution in [0.4, 0.5) is 0 Å². The third-order valence-electron chi connectivity index (χ3n) is 3.33. The van der Waals surface area contributed by atoms with Gasteiger partial charge in [0.2, 0.25) is 15.9 Å². The molecule has 2 N–H and O–H groups in total. The number of ether oxygens (including phenoxy) is 1. The first-order chi connectivity index (χ1) is 11.3. The smallest absolute Gasteiger partial charge is 0.246 e. The van der Waals surface area contributed by atoms with Crippen molar-refractivity contribution in [1.29, 1.82) is 0 Å². The second-order valence-electron chi connectivity index (χ2n) is 5.07. The van der Waals surface area contributed by atoms with Gasteiger partial charge < -0.3 is 14.6 Å². The van der Waals surface area contributed by atoms with Gasteiger partial charge in [0.25, 0.3) is 0 Å². The van der Waals surface area contributed by atoms with Gasteiger partial charge in [-0.05, 0) is 19.9 Å². The molecule has 0 atom stereocenters. The maximum absolute atomic E-state index is 12.2. The number of hydrogen-bond acceptors (Lipinski definition) is 6. The molecule has 0 radical (unpaired) electrons. The summed E-state index contributed by atoms with van der Waals surface area (Å²) in [5.74, 6) is 0.361. The minimum atomic E-state index is -3.86. The van der Waals surface area contributed by atoms with E-state index >= 15 is 0 Å². The first-order valence-electron chi connectivity index (χ1n) is 7.16. The van der Waals surface area contributed by atoms with Crippen molar-refractivity contribution in [3.8, 4) is 5.75 Å². The molecule has 0 bridgehead atoms. The largest absolute Gasteiger partial charge is 0.496 e. The van der Waals surface area contributed by atoms with Gasteiger partial charge in [-0.3, -0.25) is 4.79 Å². The van der Waals surface area contributed by atoms with Crippen LogP contribution in [0.5, 0.6) is 5.75 Å². The number of aryl methyl sites for hydroxylation is 2. The number of amides is 1. The second-order valence-corrected chi connectivity index (χ2v) is 6.77. The van der Waals surface area contributed by atoms with Gasteiger partial charge in [-0.15, -0.1) is 0 Å². The zero-order valence-corrected chi connectivity index (χ0v) is 14.4. The third kappa shape index (κ3) is 4.12. The Morgan fingerprint density at radius 1 is 1.29 bits per heavy atom. The third-order valence-corrected chi connectivity index (χ3v) is 4.97. The van der Waals surface area contributed by atoms with Crippen molar-refractivity contribution >= 4 is 15.9 Å². The summed E-state index contributed by atoms with van der Waals surface area (Å²) >= 11 is 0. The maximum Gasteiger partial charge on any atom is 0.246 e. The fraction of sp³-hybridized carbons (Fsp3) is 0.333. The first kappa shape index (κ1) is 18.0. The van der Waals surface area contributed by atoms with Crippen LogP contribution in [-0.4, -0.2) is 33.1 Å². The number of sulfonamides is 1. The molecular weight excluding hydrogens is 334 g/mol. The Bertz CT molecular complexity index is 810. The van der Waals surface area contributed by atoms with E-state index in [0.717, 1.165) is 5.56 Å². The second kappa shape index (κ2) is 7.45. The summed E-state index contributed by atoms with van der Waals surface area (Å²) in [4.78, 5) is 11.8. The lowest BCUT2D eigenvalue weighted by Gasteiger charge is -2.10. The van der Waals surface area contributed by atoms with Crippen LogP contribution in [0.25, 0.3) is 0 Å². The van der Waals surface area contributed by atoms with Crippen molar-refractivity contribution in [1.82, 2.24) is 15.2 Å². The van der Waals surface area contributed by atoms with E-state index in [4.69, 9.17) is 9.26 Å². The highest BCUT2D eigenvalue weighted by Crippen LogP contribution is 2.18. The fourth-order valence-electron chi connectivity index (χ4n) is 2.20. The lowest BCUT2D eigenvalue weighted by atomic mass is 10.2. The van der Waals surface area contributed by atoms with Gasteiger partial charge in [0, 0.05) is 12.1 Å². The molecule has 0 aliphatic heterocycles. The van der Waals surface area contributed by atoms with Crippen molar-refractivity contribution in [3.63, 3.8) is 0 Å². The quantitative estimate of drug-likeness (QED) is 0.765. The molecule has 0 saturated carbocycles. The SMILES string of the molecule is COc1ccccc1CNC(=O)CNS(=O)(=O)c1c(C)noc1C. The standard InChI is InChI=1S/C15H19N3O5S/c1-10-15(11(2)23-18-10)24(20,21)17-9-14(19)16-8-12-6-4-5-7-13(12)22-3/h4-7,17H,8-9H2,1-3H3,(H,16,19). The molecule has 0 aliphatic rings. The van der Waals surface area contributed by atoms with Crippen molar-refractivity contribution in [2.45, 2.75) is 25.3 Å². The van der Waals surface area contributed by atoms with E-state index in [1.54, 1.807) is 13.2 Å². The summed E-state index contributed by atoms with van der Waals surface area (Å²) in [6, 6.07) is 7.24. The van der Waals surface area contributed by atoms with E-state index < -0.39 is 15.9 Å². The van der Waals surface area contributed by atoms with Crippen molar-refractivity contribution in [3.05, 3.63) is 41.3 Å². The highest BCUT2D eigenvalue weighted by atomic mass is 32.2. The number of aromatic nitrogens is 1. The van der Waals surface area contributed by atoms with E-state index in [-0.39, 0.29) is 29.4 Å². The molecule has 1 aromatic carbocycles. The number of benzene rings is 1. The van der Waals surface area contributed by atoms with Crippen LogP contribution in [0, 0.1) is 13.8 Å². The number of para-hydroxylation sites is 1. The van der Waals surface area contributed by atoms with Gasteiger partial charge >= 0.3 is 0 Å². The average Bonchev–Trinajstić information content (AvgIpc) is 2.90. The average molecular weight is 353 g/mol. The normalized spacial score (nSPS) is 11.3. The molecule has 24 heavy (non-hydrogen) atoms. The molecule has 8 nitrogen and oxygen atoms in total. The first-order valence-corrected chi connectivity index (χ1v) is 8.64. The Kier molecular flexibility index (Phi) is 5.58. The van der Waals surface area contributed by atoms with Crippen LogP contribution >= 0.6 is 0 Å². The van der Waals surface area contributed by atoms with Gasteiger partial charge in [0.05, 0.1) is 13.7 Å². The summed E-state index contributed by atoms with van der Waals surface area (Å²) in [6.07, 6.45) is 0. The van der Waals surface area contributed by atoms with Gasteiger partial charge in [0.1, 0.15) is 16.3 Å². The predicted molar refractivity (Wildman–Crippen MR) is 86.0 cm³/mol. The number of nitrogens with one attached hydrogen (secondary N) is 2. The van der Waals surface area contributed by atoms with E-state index in [2.05, 4.69) is 15.2 Å². The van der Waals surface area contributed by atoms with Crippen LogP contribution in [-0.2, 0) is 21.4 Å². The molecule has 1 amide bonds. The Labute approximate surface area is 140 Å². The van der Waals surface area contributed by atoms with Crippen molar-refractivity contribution in [2.24, 2.45) is 0 Å². The molecule has 0 fully saturated rings. The van der Waals surface area contributed by atoms with Crippen LogP contribution < -0.4 is 14.8 Å². The van der Waals surface area contributed by atoms with Gasteiger partial charge in [-0.25, -0.2) is 13.1 Å². The van der Waals surface area contributed by atoms with Crippen molar-refractivity contribution < 1.29 is 22.5 Å². The van der Waals surface area contributed by atoms with Crippen molar-refractivity contribution in [2.75, 3.05) is 13.7 Å². The Morgan fingerprint density at radius 3 is 2.62 bits per heavy atom. The Balaban J connectivity index is 1.94. The van der Waals surface area contributed by atoms with Crippen LogP contribution in [0.3, 0.4) is 0 Å². The molecule has 0 aliphatic carbocycles. The molecular formula is C15H19N3O5S. The number of methoxy groups -OCH3 is 1. The number of carbonyl (C=O) groups excluding carboxylic acids is 1. The van der Waals surface area contributed by atoms with Crippen LogP contribution in [0.1, 0.15) is 17.0 Å². The summed E-state index contributed by atoms with van der Waals surface area (Å²) in [7, 11) is -2.32. The van der Waals surface area contributed by atoms with E-state index in [9.17, 15) is 13.2 Å². The molecule has 0 saturated heterocycles. The summed E-state index contributed by atoms with van der Waals surface area (Å²) in [5.41, 5.74) is 1.04. The summed E-state index contributed by atoms with van der Waals surface area (Å²) in [5, 5.41) is 6.23. The molecule has 0 spiro atoms. The molecule has 0 unspecified atom stereocenters. The minimum Gasteiger partial charge on any atom is -0.496 e. The number of hydrogen-bond donors (Lipinski definition) is 2. The lowest BCUT2D eigenvalue weighted by molar-refractivity contribution is -0.120. The number of rotatable bonds is 7. The summed E-state index contributed by atoms with van der Waals surface area (Å²) < 4.78 is 36.7. The van der Waals surface area contributed by atoms with Gasteiger partial charge in [-0.2, -0.15) is 0 Å². The van der Waals surface area contributed by atoms with E-state index in [1.807, 2.05) is 18.2 Å². The lowest BCUT2D eigenvalue weighted by Crippen LogP contribution is -2.36. The van der Waals surface area contributed by atoms with Gasteiger partial charge in [-0.1, -0.05) is 23.4 Å². The molecule has 1 heterocycles. The maximum atomic E-state index is 12.2. The fourth-order valence-corrected chi connectivity index (χ4v) is 3.50.